The molecule has 1 aromatic heterocycles. The molecule has 0 aliphatic carbocycles. The third-order valence-corrected chi connectivity index (χ3v) is 2.63. The summed E-state index contributed by atoms with van der Waals surface area (Å²) in [6.45, 7) is 3.81. The topological polar surface area (TPSA) is 42.2 Å². The standard InChI is InChI=1S/C14H14ClNO2/c1-9(2)16-14(17)13-8-7-12(18-13)10-3-5-11(15)6-4-10/h3-9H,1-2H3,(H,16,17). The Labute approximate surface area is 111 Å². The zero-order chi connectivity index (χ0) is 13.1. The zero-order valence-corrected chi connectivity index (χ0v) is 11.0. The molecule has 0 saturated carbocycles. The second-order valence-corrected chi connectivity index (χ2v) is 4.74. The number of halogens is 1. The van der Waals surface area contributed by atoms with E-state index in [4.69, 9.17) is 16.0 Å². The first-order valence-corrected chi connectivity index (χ1v) is 6.10. The average Bonchev–Trinajstić information content (AvgIpc) is 2.78. The monoisotopic (exact) mass is 263 g/mol. The number of carbonyl (C=O) groups excluding carboxylic acids is 1. The van der Waals surface area contributed by atoms with Crippen LogP contribution in [-0.2, 0) is 0 Å². The Hall–Kier alpha value is -1.74. The summed E-state index contributed by atoms with van der Waals surface area (Å²) in [5.41, 5.74) is 0.892. The van der Waals surface area contributed by atoms with Gasteiger partial charge in [0.2, 0.25) is 0 Å². The molecule has 1 aromatic carbocycles. The van der Waals surface area contributed by atoms with Gasteiger partial charge in [0.05, 0.1) is 0 Å². The van der Waals surface area contributed by atoms with Gasteiger partial charge < -0.3 is 9.73 Å². The Kier molecular flexibility index (Phi) is 3.72. The molecule has 1 N–H and O–H groups in total. The first kappa shape index (κ1) is 12.7. The number of hydrogen-bond acceptors (Lipinski definition) is 2. The van der Waals surface area contributed by atoms with Crippen LogP contribution in [0.25, 0.3) is 11.3 Å². The van der Waals surface area contributed by atoms with Crippen molar-refractivity contribution < 1.29 is 9.21 Å². The number of nitrogens with one attached hydrogen (secondary N) is 1. The minimum Gasteiger partial charge on any atom is -0.451 e. The average molecular weight is 264 g/mol. The van der Waals surface area contributed by atoms with Crippen LogP contribution in [-0.4, -0.2) is 11.9 Å². The summed E-state index contributed by atoms with van der Waals surface area (Å²) in [6, 6.07) is 10.8. The maximum atomic E-state index is 11.7. The second kappa shape index (κ2) is 5.27. The van der Waals surface area contributed by atoms with E-state index in [0.29, 0.717) is 16.5 Å². The Bertz CT molecular complexity index is 543. The summed E-state index contributed by atoms with van der Waals surface area (Å²) in [4.78, 5) is 11.7. The fourth-order valence-electron chi connectivity index (χ4n) is 1.56. The highest BCUT2D eigenvalue weighted by Gasteiger charge is 2.12. The van der Waals surface area contributed by atoms with Crippen molar-refractivity contribution in [1.29, 1.82) is 0 Å². The molecule has 0 bridgehead atoms. The largest absolute Gasteiger partial charge is 0.451 e. The van der Waals surface area contributed by atoms with Crippen molar-refractivity contribution in [2.45, 2.75) is 19.9 Å². The van der Waals surface area contributed by atoms with Crippen LogP contribution in [0.5, 0.6) is 0 Å². The van der Waals surface area contributed by atoms with E-state index < -0.39 is 0 Å². The molecule has 4 heteroatoms. The SMILES string of the molecule is CC(C)NC(=O)c1ccc(-c2ccc(Cl)cc2)o1. The van der Waals surface area contributed by atoms with Gasteiger partial charge in [-0.2, -0.15) is 0 Å². The molecular weight excluding hydrogens is 250 g/mol. The highest BCUT2D eigenvalue weighted by Crippen LogP contribution is 2.23. The van der Waals surface area contributed by atoms with Gasteiger partial charge in [0.1, 0.15) is 5.76 Å². The van der Waals surface area contributed by atoms with E-state index in [-0.39, 0.29) is 11.9 Å². The van der Waals surface area contributed by atoms with E-state index in [2.05, 4.69) is 5.32 Å². The van der Waals surface area contributed by atoms with E-state index in [1.54, 1.807) is 24.3 Å². The van der Waals surface area contributed by atoms with Crippen LogP contribution in [0.1, 0.15) is 24.4 Å². The smallest absolute Gasteiger partial charge is 0.287 e. The fraction of sp³-hybridized carbons (Fsp3) is 0.214. The van der Waals surface area contributed by atoms with Gasteiger partial charge in [-0.25, -0.2) is 0 Å². The maximum absolute atomic E-state index is 11.7. The number of furan rings is 1. The van der Waals surface area contributed by atoms with Crippen molar-refractivity contribution in [3.63, 3.8) is 0 Å². The number of benzene rings is 1. The van der Waals surface area contributed by atoms with E-state index >= 15 is 0 Å². The van der Waals surface area contributed by atoms with Crippen LogP contribution in [0.3, 0.4) is 0 Å². The predicted molar refractivity (Wildman–Crippen MR) is 71.8 cm³/mol. The Balaban J connectivity index is 2.20. The van der Waals surface area contributed by atoms with Gasteiger partial charge in [-0.3, -0.25) is 4.79 Å². The summed E-state index contributed by atoms with van der Waals surface area (Å²) >= 11 is 5.82. The number of rotatable bonds is 3. The van der Waals surface area contributed by atoms with Crippen LogP contribution in [0.4, 0.5) is 0 Å². The molecule has 0 fully saturated rings. The molecule has 1 heterocycles. The fourth-order valence-corrected chi connectivity index (χ4v) is 1.69. The first-order valence-electron chi connectivity index (χ1n) is 5.73. The van der Waals surface area contributed by atoms with Gasteiger partial charge in [-0.15, -0.1) is 0 Å². The summed E-state index contributed by atoms with van der Waals surface area (Å²) in [6.07, 6.45) is 0. The summed E-state index contributed by atoms with van der Waals surface area (Å²) in [5.74, 6) is 0.763. The molecule has 0 atom stereocenters. The minimum absolute atomic E-state index is 0.0848. The van der Waals surface area contributed by atoms with E-state index in [1.165, 1.54) is 0 Å². The van der Waals surface area contributed by atoms with Gasteiger partial charge in [0.15, 0.2) is 5.76 Å². The van der Waals surface area contributed by atoms with Crippen molar-refractivity contribution in [2.75, 3.05) is 0 Å². The molecule has 0 unspecified atom stereocenters. The van der Waals surface area contributed by atoms with Crippen molar-refractivity contribution in [3.8, 4) is 11.3 Å². The predicted octanol–water partition coefficient (Wildman–Crippen LogP) is 3.74. The molecular formula is C14H14ClNO2. The van der Waals surface area contributed by atoms with Gasteiger partial charge >= 0.3 is 0 Å². The number of carbonyl (C=O) groups is 1. The normalized spacial score (nSPS) is 10.7. The molecule has 2 rings (SSSR count). The second-order valence-electron chi connectivity index (χ2n) is 4.30. The first-order chi connectivity index (χ1) is 8.56. The lowest BCUT2D eigenvalue weighted by Crippen LogP contribution is -2.29. The molecule has 3 nitrogen and oxygen atoms in total. The van der Waals surface area contributed by atoms with Gasteiger partial charge in [-0.05, 0) is 50.2 Å². The molecule has 0 aliphatic rings. The molecule has 0 aliphatic heterocycles. The molecule has 0 spiro atoms. The van der Waals surface area contributed by atoms with Crippen molar-refractivity contribution in [3.05, 3.63) is 47.2 Å². The Morgan fingerprint density at radius 1 is 1.17 bits per heavy atom. The lowest BCUT2D eigenvalue weighted by Gasteiger charge is -2.05. The van der Waals surface area contributed by atoms with Crippen molar-refractivity contribution in [1.82, 2.24) is 5.32 Å². The molecule has 94 valence electrons. The molecule has 1 amide bonds. The van der Waals surface area contributed by atoms with Crippen LogP contribution in [0.15, 0.2) is 40.8 Å². The molecule has 18 heavy (non-hydrogen) atoms. The minimum atomic E-state index is -0.204. The van der Waals surface area contributed by atoms with E-state index in [0.717, 1.165) is 5.56 Å². The summed E-state index contributed by atoms with van der Waals surface area (Å²) < 4.78 is 5.52. The van der Waals surface area contributed by atoms with Crippen molar-refractivity contribution >= 4 is 17.5 Å². The summed E-state index contributed by atoms with van der Waals surface area (Å²) in [7, 11) is 0. The highest BCUT2D eigenvalue weighted by molar-refractivity contribution is 6.30. The molecule has 0 radical (unpaired) electrons. The quantitative estimate of drug-likeness (QED) is 0.917. The van der Waals surface area contributed by atoms with Crippen molar-refractivity contribution in [2.24, 2.45) is 0 Å². The summed E-state index contributed by atoms with van der Waals surface area (Å²) in [5, 5.41) is 3.45. The Morgan fingerprint density at radius 3 is 2.44 bits per heavy atom. The third kappa shape index (κ3) is 2.93. The Morgan fingerprint density at radius 2 is 1.83 bits per heavy atom. The van der Waals surface area contributed by atoms with Crippen LogP contribution >= 0.6 is 11.6 Å². The molecule has 2 aromatic rings. The van der Waals surface area contributed by atoms with Gasteiger partial charge in [0.25, 0.3) is 5.91 Å². The lowest BCUT2D eigenvalue weighted by molar-refractivity contribution is 0.0916. The number of amides is 1. The maximum Gasteiger partial charge on any atom is 0.287 e. The van der Waals surface area contributed by atoms with Crippen LogP contribution < -0.4 is 5.32 Å². The van der Waals surface area contributed by atoms with Gasteiger partial charge in [-0.1, -0.05) is 11.6 Å². The van der Waals surface area contributed by atoms with E-state index in [1.807, 2.05) is 26.0 Å². The number of hydrogen-bond donors (Lipinski definition) is 1. The van der Waals surface area contributed by atoms with E-state index in [9.17, 15) is 4.79 Å². The molecule has 0 saturated heterocycles. The third-order valence-electron chi connectivity index (χ3n) is 2.38. The highest BCUT2D eigenvalue weighted by atomic mass is 35.5. The van der Waals surface area contributed by atoms with Gasteiger partial charge in [0, 0.05) is 16.6 Å². The van der Waals surface area contributed by atoms with Crippen LogP contribution in [0, 0.1) is 0 Å². The lowest BCUT2D eigenvalue weighted by atomic mass is 10.2. The van der Waals surface area contributed by atoms with Crippen LogP contribution in [0.2, 0.25) is 5.02 Å². The zero-order valence-electron chi connectivity index (χ0n) is 10.2.